The van der Waals surface area contributed by atoms with Gasteiger partial charge < -0.3 is 5.32 Å². The third kappa shape index (κ3) is 4.97. The average Bonchev–Trinajstić information content (AvgIpc) is 3.24. The van der Waals surface area contributed by atoms with Crippen molar-refractivity contribution in [1.82, 2.24) is 9.55 Å². The lowest BCUT2D eigenvalue weighted by atomic mass is 10.2. The van der Waals surface area contributed by atoms with Crippen molar-refractivity contribution in [3.05, 3.63) is 86.3 Å². The van der Waals surface area contributed by atoms with Crippen LogP contribution in [0.25, 0.3) is 0 Å². The lowest BCUT2D eigenvalue weighted by Gasteiger charge is -2.14. The molecule has 158 valence electrons. The van der Waals surface area contributed by atoms with Crippen molar-refractivity contribution in [2.75, 3.05) is 16.8 Å². The minimum atomic E-state index is -0.515. The molecule has 0 saturated heterocycles. The number of carbonyl (C=O) groups is 1. The average molecular weight is 455 g/mol. The zero-order valence-electron chi connectivity index (χ0n) is 16.3. The Hall–Kier alpha value is -3.11. The number of anilines is 1. The molecule has 4 rings (SSSR count). The standard InChI is InChI=1S/C21H18N4O4S2/c26-18(22-15-7-4-8-16(11-15)25(28)29)13-31-21-23-17-9-10-30-19(17)20(27)24(21)12-14-5-2-1-3-6-14/h1-8,11H,9-10,12-13H2,(H,22,26). The monoisotopic (exact) mass is 454 g/mol. The Bertz CT molecular complexity index is 1200. The number of nitro benzene ring substituents is 1. The van der Waals surface area contributed by atoms with Gasteiger partial charge in [0.15, 0.2) is 5.16 Å². The minimum absolute atomic E-state index is 0.0237. The first-order valence-electron chi connectivity index (χ1n) is 9.49. The lowest BCUT2D eigenvalue weighted by molar-refractivity contribution is -0.384. The van der Waals surface area contributed by atoms with E-state index in [4.69, 9.17) is 0 Å². The second-order valence-electron chi connectivity index (χ2n) is 6.79. The van der Waals surface area contributed by atoms with Crippen LogP contribution in [-0.2, 0) is 17.8 Å². The maximum Gasteiger partial charge on any atom is 0.271 e. The minimum Gasteiger partial charge on any atom is -0.325 e. The number of hydrogen-bond acceptors (Lipinski definition) is 7. The van der Waals surface area contributed by atoms with Crippen molar-refractivity contribution in [3.8, 4) is 0 Å². The van der Waals surface area contributed by atoms with Gasteiger partial charge in [-0.3, -0.25) is 24.3 Å². The second kappa shape index (κ2) is 9.36. The Kier molecular flexibility index (Phi) is 6.38. The van der Waals surface area contributed by atoms with Gasteiger partial charge in [0.1, 0.15) is 0 Å². The lowest BCUT2D eigenvalue weighted by Crippen LogP contribution is -2.26. The van der Waals surface area contributed by atoms with E-state index in [-0.39, 0.29) is 22.9 Å². The SMILES string of the molecule is O=C(CSc1nc2c(c(=O)n1Cc1ccccc1)SCC2)Nc1cccc([N+](=O)[O-])c1. The normalized spacial score (nSPS) is 12.4. The number of rotatable bonds is 7. The molecule has 1 aromatic heterocycles. The largest absolute Gasteiger partial charge is 0.325 e. The van der Waals surface area contributed by atoms with Crippen molar-refractivity contribution >= 4 is 40.8 Å². The van der Waals surface area contributed by atoms with Gasteiger partial charge in [0.05, 0.1) is 27.8 Å². The number of aryl methyl sites for hydroxylation is 1. The summed E-state index contributed by atoms with van der Waals surface area (Å²) < 4.78 is 1.61. The van der Waals surface area contributed by atoms with Gasteiger partial charge in [-0.15, -0.1) is 11.8 Å². The summed E-state index contributed by atoms with van der Waals surface area (Å²) >= 11 is 2.70. The number of hydrogen-bond donors (Lipinski definition) is 1. The number of carbonyl (C=O) groups excluding carboxylic acids is 1. The summed E-state index contributed by atoms with van der Waals surface area (Å²) in [5.74, 6) is 0.515. The van der Waals surface area contributed by atoms with E-state index in [0.29, 0.717) is 22.3 Å². The summed E-state index contributed by atoms with van der Waals surface area (Å²) in [5, 5.41) is 14.1. The number of nitro groups is 1. The molecule has 1 N–H and O–H groups in total. The van der Waals surface area contributed by atoms with Gasteiger partial charge in [0, 0.05) is 30.0 Å². The van der Waals surface area contributed by atoms with E-state index in [9.17, 15) is 19.7 Å². The molecule has 0 spiro atoms. The first-order chi connectivity index (χ1) is 15.0. The first-order valence-corrected chi connectivity index (χ1v) is 11.5. The second-order valence-corrected chi connectivity index (χ2v) is 8.84. The maximum absolute atomic E-state index is 13.0. The van der Waals surface area contributed by atoms with Gasteiger partial charge in [0.25, 0.3) is 11.2 Å². The van der Waals surface area contributed by atoms with E-state index >= 15 is 0 Å². The van der Waals surface area contributed by atoms with Crippen LogP contribution in [0, 0.1) is 10.1 Å². The summed E-state index contributed by atoms with van der Waals surface area (Å²) in [6, 6.07) is 15.4. The molecular weight excluding hydrogens is 436 g/mol. The smallest absolute Gasteiger partial charge is 0.271 e. The van der Waals surface area contributed by atoms with Crippen LogP contribution in [0.4, 0.5) is 11.4 Å². The van der Waals surface area contributed by atoms with E-state index in [1.807, 2.05) is 30.3 Å². The van der Waals surface area contributed by atoms with Crippen LogP contribution in [-0.4, -0.2) is 31.9 Å². The third-order valence-electron chi connectivity index (χ3n) is 4.60. The molecule has 3 aromatic rings. The summed E-state index contributed by atoms with van der Waals surface area (Å²) in [6.07, 6.45) is 0.731. The number of aromatic nitrogens is 2. The summed E-state index contributed by atoms with van der Waals surface area (Å²) in [6.45, 7) is 0.370. The fourth-order valence-electron chi connectivity index (χ4n) is 3.16. The molecule has 1 aliphatic heterocycles. The fraction of sp³-hybridized carbons (Fsp3) is 0.190. The molecule has 1 aliphatic rings. The molecule has 0 aliphatic carbocycles. The molecule has 31 heavy (non-hydrogen) atoms. The van der Waals surface area contributed by atoms with Crippen molar-refractivity contribution < 1.29 is 9.72 Å². The molecule has 10 heteroatoms. The molecule has 0 unspecified atom stereocenters. The van der Waals surface area contributed by atoms with Gasteiger partial charge in [-0.25, -0.2) is 4.98 Å². The number of nitrogens with one attached hydrogen (secondary N) is 1. The van der Waals surface area contributed by atoms with Crippen LogP contribution in [0.5, 0.6) is 0 Å². The van der Waals surface area contributed by atoms with Gasteiger partial charge >= 0.3 is 0 Å². The molecule has 2 aromatic carbocycles. The molecule has 8 nitrogen and oxygen atoms in total. The zero-order valence-corrected chi connectivity index (χ0v) is 17.9. The molecule has 0 fully saturated rings. The quantitative estimate of drug-likeness (QED) is 0.252. The van der Waals surface area contributed by atoms with Crippen LogP contribution in [0.15, 0.2) is 69.4 Å². The molecule has 1 amide bonds. The summed E-state index contributed by atoms with van der Waals surface area (Å²) in [7, 11) is 0. The van der Waals surface area contributed by atoms with Crippen LogP contribution >= 0.6 is 23.5 Å². The van der Waals surface area contributed by atoms with Crippen LogP contribution in [0.1, 0.15) is 11.3 Å². The topological polar surface area (TPSA) is 107 Å². The Morgan fingerprint density at radius 3 is 2.81 bits per heavy atom. The zero-order chi connectivity index (χ0) is 21.8. The molecular formula is C21H18N4O4S2. The van der Waals surface area contributed by atoms with E-state index in [1.54, 1.807) is 10.6 Å². The van der Waals surface area contributed by atoms with Crippen LogP contribution in [0.2, 0.25) is 0 Å². The van der Waals surface area contributed by atoms with E-state index in [0.717, 1.165) is 23.4 Å². The first kappa shape index (κ1) is 21.1. The third-order valence-corrected chi connectivity index (χ3v) is 6.69. The van der Waals surface area contributed by atoms with E-state index in [2.05, 4.69) is 10.3 Å². The van der Waals surface area contributed by atoms with E-state index in [1.165, 1.54) is 41.7 Å². The Morgan fingerprint density at radius 1 is 1.23 bits per heavy atom. The highest BCUT2D eigenvalue weighted by Crippen LogP contribution is 2.29. The Morgan fingerprint density at radius 2 is 2.03 bits per heavy atom. The number of amides is 1. The highest BCUT2D eigenvalue weighted by atomic mass is 32.2. The molecule has 0 bridgehead atoms. The van der Waals surface area contributed by atoms with Crippen LogP contribution in [0.3, 0.4) is 0 Å². The van der Waals surface area contributed by atoms with Gasteiger partial charge in [-0.2, -0.15) is 0 Å². The Balaban J connectivity index is 1.53. The summed E-state index contributed by atoms with van der Waals surface area (Å²) in [5.41, 5.74) is 1.91. The highest BCUT2D eigenvalue weighted by Gasteiger charge is 2.22. The van der Waals surface area contributed by atoms with Gasteiger partial charge in [-0.1, -0.05) is 48.2 Å². The molecule has 0 saturated carbocycles. The molecule has 0 atom stereocenters. The highest BCUT2D eigenvalue weighted by molar-refractivity contribution is 8.00. The van der Waals surface area contributed by atoms with Crippen LogP contribution < -0.4 is 10.9 Å². The molecule has 2 heterocycles. The fourth-order valence-corrected chi connectivity index (χ4v) is 5.02. The molecule has 0 radical (unpaired) electrons. The number of non-ortho nitro benzene ring substituents is 1. The van der Waals surface area contributed by atoms with Crippen molar-refractivity contribution in [1.29, 1.82) is 0 Å². The Labute approximate surface area is 186 Å². The number of nitrogens with zero attached hydrogens (tertiary/aromatic N) is 3. The number of fused-ring (bicyclic) bond motifs is 1. The number of thioether (sulfide) groups is 2. The van der Waals surface area contributed by atoms with Crippen molar-refractivity contribution in [2.45, 2.75) is 23.0 Å². The van der Waals surface area contributed by atoms with Crippen molar-refractivity contribution in [3.63, 3.8) is 0 Å². The predicted octanol–water partition coefficient (Wildman–Crippen LogP) is 3.58. The van der Waals surface area contributed by atoms with Crippen molar-refractivity contribution in [2.24, 2.45) is 0 Å². The van der Waals surface area contributed by atoms with Gasteiger partial charge in [0.2, 0.25) is 5.91 Å². The predicted molar refractivity (Wildman–Crippen MR) is 121 cm³/mol. The maximum atomic E-state index is 13.0. The summed E-state index contributed by atoms with van der Waals surface area (Å²) in [4.78, 5) is 41.2. The van der Waals surface area contributed by atoms with E-state index < -0.39 is 4.92 Å². The number of benzene rings is 2. The van der Waals surface area contributed by atoms with Gasteiger partial charge in [-0.05, 0) is 11.6 Å².